The van der Waals surface area contributed by atoms with Crippen molar-refractivity contribution in [3.63, 3.8) is 0 Å². The number of nitrogens with one attached hydrogen (secondary N) is 1. The molecule has 0 aliphatic rings. The van der Waals surface area contributed by atoms with Crippen LogP contribution < -0.4 is 10.2 Å². The predicted molar refractivity (Wildman–Crippen MR) is 75.8 cm³/mol. The summed E-state index contributed by atoms with van der Waals surface area (Å²) in [5.41, 5.74) is 0. The maximum absolute atomic E-state index is 4.35. The van der Waals surface area contributed by atoms with Gasteiger partial charge in [0.25, 0.3) is 0 Å². The van der Waals surface area contributed by atoms with Crippen LogP contribution in [0.4, 0.5) is 5.13 Å². The van der Waals surface area contributed by atoms with Crippen LogP contribution in [0.15, 0.2) is 6.20 Å². The number of nitrogens with zero attached hydrogens (tertiary/aromatic N) is 2. The summed E-state index contributed by atoms with van der Waals surface area (Å²) in [6.07, 6.45) is 6.70. The summed E-state index contributed by atoms with van der Waals surface area (Å²) in [6.45, 7) is 2.06. The standard InChI is InChI=1S/C11H21N3S2/c1-14(2)11-13-9-10(16-11)8-12-6-4-5-7-15-3/h9,12H,4-8H2,1-3H3. The van der Waals surface area contributed by atoms with Crippen molar-refractivity contribution < 1.29 is 0 Å². The van der Waals surface area contributed by atoms with Crippen molar-refractivity contribution in [2.45, 2.75) is 19.4 Å². The molecule has 0 aliphatic heterocycles. The van der Waals surface area contributed by atoms with Crippen molar-refractivity contribution in [3.8, 4) is 0 Å². The van der Waals surface area contributed by atoms with Crippen LogP contribution in [0.5, 0.6) is 0 Å². The van der Waals surface area contributed by atoms with Gasteiger partial charge in [0.05, 0.1) is 0 Å². The Labute approximate surface area is 107 Å². The summed E-state index contributed by atoms with van der Waals surface area (Å²) < 4.78 is 0. The van der Waals surface area contributed by atoms with E-state index in [1.807, 2.05) is 37.0 Å². The van der Waals surface area contributed by atoms with E-state index in [-0.39, 0.29) is 0 Å². The average Bonchev–Trinajstić information content (AvgIpc) is 2.72. The zero-order valence-corrected chi connectivity index (χ0v) is 12.0. The van der Waals surface area contributed by atoms with Gasteiger partial charge in [-0.15, -0.1) is 11.3 Å². The molecule has 3 nitrogen and oxygen atoms in total. The first kappa shape index (κ1) is 13.8. The molecule has 0 aromatic carbocycles. The van der Waals surface area contributed by atoms with Crippen LogP contribution in [0.1, 0.15) is 17.7 Å². The second-order valence-electron chi connectivity index (χ2n) is 3.88. The van der Waals surface area contributed by atoms with Crippen LogP contribution in [0.25, 0.3) is 0 Å². The highest BCUT2D eigenvalue weighted by molar-refractivity contribution is 7.98. The molecule has 16 heavy (non-hydrogen) atoms. The lowest BCUT2D eigenvalue weighted by atomic mass is 10.3. The van der Waals surface area contributed by atoms with Gasteiger partial charge in [-0.05, 0) is 31.4 Å². The average molecular weight is 259 g/mol. The number of rotatable bonds is 8. The number of hydrogen-bond donors (Lipinski definition) is 1. The minimum absolute atomic E-state index is 0.949. The molecule has 0 saturated heterocycles. The normalized spacial score (nSPS) is 10.7. The van der Waals surface area contributed by atoms with E-state index in [4.69, 9.17) is 0 Å². The zero-order chi connectivity index (χ0) is 11.8. The number of thioether (sulfide) groups is 1. The molecule has 1 N–H and O–H groups in total. The van der Waals surface area contributed by atoms with Crippen molar-refractivity contribution in [2.75, 3.05) is 37.5 Å². The molecule has 5 heteroatoms. The molecule has 1 rings (SSSR count). The molecule has 0 radical (unpaired) electrons. The molecule has 0 fully saturated rings. The summed E-state index contributed by atoms with van der Waals surface area (Å²) in [4.78, 5) is 7.71. The number of thiazole rings is 1. The maximum atomic E-state index is 4.35. The second kappa shape index (κ2) is 7.92. The quantitative estimate of drug-likeness (QED) is 0.726. The lowest BCUT2D eigenvalue weighted by Crippen LogP contribution is -2.13. The Morgan fingerprint density at radius 2 is 2.25 bits per heavy atom. The fourth-order valence-electron chi connectivity index (χ4n) is 1.29. The van der Waals surface area contributed by atoms with E-state index in [0.717, 1.165) is 18.2 Å². The van der Waals surface area contributed by atoms with Crippen molar-refractivity contribution in [1.29, 1.82) is 0 Å². The highest BCUT2D eigenvalue weighted by atomic mass is 32.2. The lowest BCUT2D eigenvalue weighted by Gasteiger charge is -2.05. The topological polar surface area (TPSA) is 28.2 Å². The van der Waals surface area contributed by atoms with Crippen molar-refractivity contribution in [1.82, 2.24) is 10.3 Å². The van der Waals surface area contributed by atoms with Gasteiger partial charge in [-0.1, -0.05) is 0 Å². The molecule has 0 spiro atoms. The molecular formula is C11H21N3S2. The third kappa shape index (κ3) is 5.18. The highest BCUT2D eigenvalue weighted by Gasteiger charge is 2.02. The number of unbranched alkanes of at least 4 members (excludes halogenated alkanes) is 1. The Balaban J connectivity index is 2.12. The Bertz CT molecular complexity index is 287. The summed E-state index contributed by atoms with van der Waals surface area (Å²) in [7, 11) is 4.05. The minimum Gasteiger partial charge on any atom is -0.354 e. The maximum Gasteiger partial charge on any atom is 0.185 e. The third-order valence-electron chi connectivity index (χ3n) is 2.18. The first-order valence-electron chi connectivity index (χ1n) is 5.55. The molecule has 0 unspecified atom stereocenters. The van der Waals surface area contributed by atoms with Gasteiger partial charge < -0.3 is 10.2 Å². The van der Waals surface area contributed by atoms with Crippen LogP contribution in [-0.2, 0) is 6.54 Å². The predicted octanol–water partition coefficient (Wildman–Crippen LogP) is 2.44. The zero-order valence-electron chi connectivity index (χ0n) is 10.3. The van der Waals surface area contributed by atoms with Crippen LogP contribution in [0.3, 0.4) is 0 Å². The fourth-order valence-corrected chi connectivity index (χ4v) is 2.59. The summed E-state index contributed by atoms with van der Waals surface area (Å²) in [5, 5.41) is 4.54. The van der Waals surface area contributed by atoms with Crippen molar-refractivity contribution >= 4 is 28.2 Å². The molecule has 0 atom stereocenters. The summed E-state index contributed by atoms with van der Waals surface area (Å²) in [5.74, 6) is 1.27. The van der Waals surface area contributed by atoms with Crippen molar-refractivity contribution in [3.05, 3.63) is 11.1 Å². The molecule has 92 valence electrons. The second-order valence-corrected chi connectivity index (χ2v) is 5.96. The third-order valence-corrected chi connectivity index (χ3v) is 4.04. The van der Waals surface area contributed by atoms with Gasteiger partial charge in [-0.25, -0.2) is 4.98 Å². The van der Waals surface area contributed by atoms with E-state index in [1.54, 1.807) is 11.3 Å². The highest BCUT2D eigenvalue weighted by Crippen LogP contribution is 2.19. The van der Waals surface area contributed by atoms with E-state index in [0.29, 0.717) is 0 Å². The Morgan fingerprint density at radius 1 is 1.44 bits per heavy atom. The fraction of sp³-hybridized carbons (Fsp3) is 0.727. The summed E-state index contributed by atoms with van der Waals surface area (Å²) in [6, 6.07) is 0. The first-order chi connectivity index (χ1) is 7.74. The van der Waals surface area contributed by atoms with E-state index < -0.39 is 0 Å². The van der Waals surface area contributed by atoms with Gasteiger partial charge >= 0.3 is 0 Å². The largest absolute Gasteiger partial charge is 0.354 e. The van der Waals surface area contributed by atoms with Crippen LogP contribution in [0.2, 0.25) is 0 Å². The molecule has 1 aromatic rings. The van der Waals surface area contributed by atoms with Crippen LogP contribution >= 0.6 is 23.1 Å². The lowest BCUT2D eigenvalue weighted by molar-refractivity contribution is 0.648. The van der Waals surface area contributed by atoms with Crippen LogP contribution in [0, 0.1) is 0 Å². The Kier molecular flexibility index (Phi) is 6.84. The molecule has 0 saturated carbocycles. The van der Waals surface area contributed by atoms with Crippen molar-refractivity contribution in [2.24, 2.45) is 0 Å². The number of anilines is 1. The van der Waals surface area contributed by atoms with Gasteiger partial charge in [-0.2, -0.15) is 11.8 Å². The smallest absolute Gasteiger partial charge is 0.185 e. The summed E-state index contributed by atoms with van der Waals surface area (Å²) >= 11 is 3.68. The SMILES string of the molecule is CSCCCCNCc1cnc(N(C)C)s1. The van der Waals surface area contributed by atoms with E-state index >= 15 is 0 Å². The van der Waals surface area contributed by atoms with Gasteiger partial charge in [0, 0.05) is 31.7 Å². The molecule has 1 heterocycles. The molecule has 0 amide bonds. The number of hydrogen-bond acceptors (Lipinski definition) is 5. The molecule has 1 aromatic heterocycles. The van der Waals surface area contributed by atoms with E-state index in [9.17, 15) is 0 Å². The monoisotopic (exact) mass is 259 g/mol. The Morgan fingerprint density at radius 3 is 2.88 bits per heavy atom. The number of aromatic nitrogens is 1. The Hall–Kier alpha value is -0.260. The van der Waals surface area contributed by atoms with Crippen LogP contribution in [-0.4, -0.2) is 37.6 Å². The minimum atomic E-state index is 0.949. The molecule has 0 aliphatic carbocycles. The molecule has 0 bridgehead atoms. The van der Waals surface area contributed by atoms with Gasteiger partial charge in [0.15, 0.2) is 5.13 Å². The van der Waals surface area contributed by atoms with Gasteiger partial charge in [0.1, 0.15) is 0 Å². The van der Waals surface area contributed by atoms with Gasteiger partial charge in [-0.3, -0.25) is 0 Å². The van der Waals surface area contributed by atoms with E-state index in [2.05, 4.69) is 16.6 Å². The van der Waals surface area contributed by atoms with Gasteiger partial charge in [0.2, 0.25) is 0 Å². The van der Waals surface area contributed by atoms with E-state index in [1.165, 1.54) is 23.5 Å². The molecular weight excluding hydrogens is 238 g/mol. The first-order valence-corrected chi connectivity index (χ1v) is 7.76.